The van der Waals surface area contributed by atoms with Crippen molar-refractivity contribution >= 4 is 5.91 Å². The summed E-state index contributed by atoms with van der Waals surface area (Å²) in [7, 11) is 1.74. The van der Waals surface area contributed by atoms with Gasteiger partial charge in [0.1, 0.15) is 0 Å². The maximum Gasteiger partial charge on any atom is 0.219 e. The van der Waals surface area contributed by atoms with Crippen LogP contribution in [0.5, 0.6) is 0 Å². The van der Waals surface area contributed by atoms with E-state index in [-0.39, 0.29) is 5.91 Å². The van der Waals surface area contributed by atoms with Crippen LogP contribution in [0.3, 0.4) is 0 Å². The maximum atomic E-state index is 11.7. The molecule has 8 atom stereocenters. The minimum atomic E-state index is -1.43. The monoisotopic (exact) mass is 405 g/mol. The molecule has 1 amide bonds. The van der Waals surface area contributed by atoms with Gasteiger partial charge >= 0.3 is 0 Å². The lowest BCUT2D eigenvalue weighted by atomic mass is 9.44. The van der Waals surface area contributed by atoms with Crippen LogP contribution in [0, 0.1) is 46.3 Å². The molecule has 8 unspecified atom stereocenters. The van der Waals surface area contributed by atoms with Gasteiger partial charge in [0.05, 0.1) is 0 Å². The highest BCUT2D eigenvalue weighted by Crippen LogP contribution is 2.68. The van der Waals surface area contributed by atoms with Gasteiger partial charge in [0.2, 0.25) is 5.91 Å². The van der Waals surface area contributed by atoms with Crippen LogP contribution >= 0.6 is 0 Å². The first-order chi connectivity index (χ1) is 13.6. The molecule has 4 aliphatic carbocycles. The van der Waals surface area contributed by atoms with Crippen LogP contribution in [0.2, 0.25) is 0 Å². The fourth-order valence-corrected chi connectivity index (χ4v) is 8.89. The van der Waals surface area contributed by atoms with E-state index in [1.807, 2.05) is 0 Å². The van der Waals surface area contributed by atoms with Gasteiger partial charge in [-0.3, -0.25) is 4.79 Å². The normalized spacial score (nSPS) is 46.9. The number of aliphatic hydroxyl groups is 2. The molecule has 0 aromatic rings. The second-order valence-corrected chi connectivity index (χ2v) is 11.8. The summed E-state index contributed by atoms with van der Waals surface area (Å²) < 4.78 is 0. The number of amides is 1. The van der Waals surface area contributed by atoms with E-state index in [0.717, 1.165) is 36.5 Å². The van der Waals surface area contributed by atoms with Crippen LogP contribution in [0.25, 0.3) is 0 Å². The molecular weight excluding hydrogens is 362 g/mol. The Morgan fingerprint density at radius 1 is 1.00 bits per heavy atom. The van der Waals surface area contributed by atoms with Crippen molar-refractivity contribution in [2.24, 2.45) is 46.3 Å². The van der Waals surface area contributed by atoms with Crippen LogP contribution in [0.1, 0.15) is 91.4 Å². The zero-order valence-electron chi connectivity index (χ0n) is 19.0. The van der Waals surface area contributed by atoms with E-state index in [9.17, 15) is 15.0 Å². The van der Waals surface area contributed by atoms with Gasteiger partial charge in [0.25, 0.3) is 0 Å². The molecule has 166 valence electrons. The second-order valence-electron chi connectivity index (χ2n) is 11.8. The smallest absolute Gasteiger partial charge is 0.219 e. The minimum Gasteiger partial charge on any atom is -0.366 e. The summed E-state index contributed by atoms with van der Waals surface area (Å²) >= 11 is 0. The Kier molecular flexibility index (Phi) is 5.60. The summed E-state index contributed by atoms with van der Waals surface area (Å²) in [6.45, 7) is 7.43. The Hall–Kier alpha value is -0.610. The summed E-state index contributed by atoms with van der Waals surface area (Å²) in [5.41, 5.74) is 0.723. The van der Waals surface area contributed by atoms with E-state index in [1.165, 1.54) is 38.5 Å². The SMILES string of the molecule is CNC(=O)CCC(C)C1CCC2C3CCC4CC(O)(O)CCC4(C)C3CCC12C. The molecule has 29 heavy (non-hydrogen) atoms. The van der Waals surface area contributed by atoms with E-state index in [0.29, 0.717) is 41.9 Å². The van der Waals surface area contributed by atoms with Crippen molar-refractivity contribution < 1.29 is 15.0 Å². The third-order valence-corrected chi connectivity index (χ3v) is 10.6. The van der Waals surface area contributed by atoms with Crippen LogP contribution in [0.4, 0.5) is 0 Å². The van der Waals surface area contributed by atoms with E-state index < -0.39 is 5.79 Å². The second kappa shape index (κ2) is 7.51. The van der Waals surface area contributed by atoms with Crippen LogP contribution in [-0.2, 0) is 4.79 Å². The Bertz CT molecular complexity index is 634. The largest absolute Gasteiger partial charge is 0.366 e. The molecule has 4 saturated carbocycles. The predicted molar refractivity (Wildman–Crippen MR) is 115 cm³/mol. The van der Waals surface area contributed by atoms with Gasteiger partial charge in [-0.15, -0.1) is 0 Å². The highest BCUT2D eigenvalue weighted by Gasteiger charge is 2.61. The fourth-order valence-electron chi connectivity index (χ4n) is 8.89. The quantitative estimate of drug-likeness (QED) is 0.604. The Morgan fingerprint density at radius 2 is 1.72 bits per heavy atom. The number of rotatable bonds is 4. The predicted octanol–water partition coefficient (Wildman–Crippen LogP) is 4.49. The van der Waals surface area contributed by atoms with Gasteiger partial charge in [-0.25, -0.2) is 0 Å². The van der Waals surface area contributed by atoms with Crippen molar-refractivity contribution in [3.8, 4) is 0 Å². The van der Waals surface area contributed by atoms with Crippen molar-refractivity contribution in [3.63, 3.8) is 0 Å². The van der Waals surface area contributed by atoms with Gasteiger partial charge in [-0.2, -0.15) is 0 Å². The molecule has 0 bridgehead atoms. The van der Waals surface area contributed by atoms with E-state index >= 15 is 0 Å². The van der Waals surface area contributed by atoms with Crippen molar-refractivity contribution in [1.29, 1.82) is 0 Å². The van der Waals surface area contributed by atoms with Gasteiger partial charge in [-0.1, -0.05) is 20.8 Å². The number of carbonyl (C=O) groups excluding carboxylic acids is 1. The highest BCUT2D eigenvalue weighted by atomic mass is 16.5. The number of fused-ring (bicyclic) bond motifs is 5. The summed E-state index contributed by atoms with van der Waals surface area (Å²) in [6, 6.07) is 0. The topological polar surface area (TPSA) is 69.6 Å². The third kappa shape index (κ3) is 3.56. The molecule has 4 nitrogen and oxygen atoms in total. The molecule has 0 radical (unpaired) electrons. The van der Waals surface area contributed by atoms with E-state index in [2.05, 4.69) is 26.1 Å². The lowest BCUT2D eigenvalue weighted by Crippen LogP contribution is -2.56. The standard InChI is InChI=1S/C25H43NO3/c1-16(5-10-22(27)26-4)19-8-9-20-18-7-6-17-15-25(28,29)14-13-23(17,2)21(18)11-12-24(19,20)3/h16-21,28-29H,5-15H2,1-4H3,(H,26,27). The summed E-state index contributed by atoms with van der Waals surface area (Å²) in [6.07, 6.45) is 11.5. The average molecular weight is 406 g/mol. The molecule has 0 aromatic carbocycles. The minimum absolute atomic E-state index is 0.174. The van der Waals surface area contributed by atoms with Gasteiger partial charge in [-0.05, 0) is 97.7 Å². The van der Waals surface area contributed by atoms with Crippen molar-refractivity contribution in [2.45, 2.75) is 97.2 Å². The zero-order chi connectivity index (χ0) is 21.0. The number of nitrogens with one attached hydrogen (secondary N) is 1. The Balaban J connectivity index is 1.49. The summed E-state index contributed by atoms with van der Waals surface area (Å²) in [4.78, 5) is 11.7. The first kappa shape index (κ1) is 21.6. The third-order valence-electron chi connectivity index (χ3n) is 10.6. The maximum absolute atomic E-state index is 11.7. The van der Waals surface area contributed by atoms with Crippen molar-refractivity contribution in [3.05, 3.63) is 0 Å². The first-order valence-electron chi connectivity index (χ1n) is 12.3. The molecule has 0 heterocycles. The zero-order valence-corrected chi connectivity index (χ0v) is 19.0. The number of carbonyl (C=O) groups is 1. The number of hydrogen-bond acceptors (Lipinski definition) is 3. The molecule has 3 N–H and O–H groups in total. The van der Waals surface area contributed by atoms with Crippen LogP contribution in [-0.4, -0.2) is 29.0 Å². The molecular formula is C25H43NO3. The first-order valence-corrected chi connectivity index (χ1v) is 12.3. The molecule has 4 rings (SSSR count). The summed E-state index contributed by atoms with van der Waals surface area (Å²) in [5, 5.41) is 23.3. The molecule has 0 spiro atoms. The average Bonchev–Trinajstić information content (AvgIpc) is 3.03. The molecule has 4 aliphatic rings. The lowest BCUT2D eigenvalue weighted by Gasteiger charge is -2.61. The fraction of sp³-hybridized carbons (Fsp3) is 0.960. The number of hydrogen-bond donors (Lipinski definition) is 3. The van der Waals surface area contributed by atoms with Gasteiger partial charge in [0.15, 0.2) is 5.79 Å². The van der Waals surface area contributed by atoms with E-state index in [1.54, 1.807) is 7.05 Å². The molecule has 4 fully saturated rings. The molecule has 4 heteroatoms. The van der Waals surface area contributed by atoms with Crippen LogP contribution in [0.15, 0.2) is 0 Å². The Labute approximate surface area is 177 Å². The van der Waals surface area contributed by atoms with Gasteiger partial charge < -0.3 is 15.5 Å². The van der Waals surface area contributed by atoms with Crippen LogP contribution < -0.4 is 5.32 Å². The lowest BCUT2D eigenvalue weighted by molar-refractivity contribution is -0.233. The highest BCUT2D eigenvalue weighted by molar-refractivity contribution is 5.75. The van der Waals surface area contributed by atoms with Crippen molar-refractivity contribution in [1.82, 2.24) is 5.32 Å². The van der Waals surface area contributed by atoms with Gasteiger partial charge in [0, 0.05) is 26.3 Å². The van der Waals surface area contributed by atoms with Crippen molar-refractivity contribution in [2.75, 3.05) is 7.05 Å². The van der Waals surface area contributed by atoms with E-state index in [4.69, 9.17) is 0 Å². The molecule has 0 saturated heterocycles. The summed E-state index contributed by atoms with van der Waals surface area (Å²) in [5.74, 6) is 2.97. The Morgan fingerprint density at radius 3 is 2.45 bits per heavy atom. The molecule has 0 aromatic heterocycles. The molecule has 0 aliphatic heterocycles.